The van der Waals surface area contributed by atoms with Gasteiger partial charge in [0, 0.05) is 17.1 Å². The van der Waals surface area contributed by atoms with Crippen LogP contribution < -0.4 is 5.43 Å². The van der Waals surface area contributed by atoms with E-state index in [-0.39, 0.29) is 0 Å². The van der Waals surface area contributed by atoms with Crippen molar-refractivity contribution in [2.75, 3.05) is 18.5 Å². The lowest BCUT2D eigenvalue weighted by molar-refractivity contribution is 0.218. The summed E-state index contributed by atoms with van der Waals surface area (Å²) in [6.07, 6.45) is 3.79. The third-order valence-corrected chi connectivity index (χ3v) is 4.75. The van der Waals surface area contributed by atoms with Gasteiger partial charge in [-0.25, -0.2) is 0 Å². The standard InChI is InChI=1S/C20H24ClN3O/c1-15(22-23-19-7-5-6-18(21)13-19)16-8-9-20(25)17(12-16)14-24-10-3-2-4-11-24/h5-9,12-13,23,25H,2-4,10-11,14H2,1H3/b22-15+. The molecule has 1 saturated heterocycles. The molecule has 0 aliphatic carbocycles. The van der Waals surface area contributed by atoms with Gasteiger partial charge >= 0.3 is 0 Å². The van der Waals surface area contributed by atoms with E-state index in [1.165, 1.54) is 19.3 Å². The van der Waals surface area contributed by atoms with Crippen LogP contribution in [0.1, 0.15) is 37.3 Å². The molecule has 0 spiro atoms. The Kier molecular flexibility index (Phi) is 5.95. The van der Waals surface area contributed by atoms with Gasteiger partial charge in [-0.05, 0) is 74.8 Å². The van der Waals surface area contributed by atoms with Crippen molar-refractivity contribution in [3.63, 3.8) is 0 Å². The number of phenolic OH excluding ortho intramolecular Hbond substituents is 1. The molecular weight excluding hydrogens is 334 g/mol. The maximum Gasteiger partial charge on any atom is 0.120 e. The van der Waals surface area contributed by atoms with Crippen LogP contribution in [-0.4, -0.2) is 28.8 Å². The quantitative estimate of drug-likeness (QED) is 0.593. The summed E-state index contributed by atoms with van der Waals surface area (Å²) >= 11 is 5.99. The van der Waals surface area contributed by atoms with Gasteiger partial charge < -0.3 is 5.11 Å². The van der Waals surface area contributed by atoms with E-state index in [0.717, 1.165) is 42.2 Å². The molecule has 0 amide bonds. The zero-order valence-corrected chi connectivity index (χ0v) is 15.3. The molecule has 1 aliphatic rings. The van der Waals surface area contributed by atoms with Crippen LogP contribution in [0.25, 0.3) is 0 Å². The largest absolute Gasteiger partial charge is 0.508 e. The second kappa shape index (κ2) is 8.37. The summed E-state index contributed by atoms with van der Waals surface area (Å²) in [4.78, 5) is 2.40. The number of phenols is 1. The van der Waals surface area contributed by atoms with E-state index >= 15 is 0 Å². The summed E-state index contributed by atoms with van der Waals surface area (Å²) in [6.45, 7) is 4.95. The number of likely N-dealkylation sites (tertiary alicyclic amines) is 1. The number of benzene rings is 2. The highest BCUT2D eigenvalue weighted by Gasteiger charge is 2.13. The van der Waals surface area contributed by atoms with Crippen molar-refractivity contribution in [1.82, 2.24) is 4.90 Å². The van der Waals surface area contributed by atoms with Crippen LogP contribution in [0.15, 0.2) is 47.6 Å². The minimum atomic E-state index is 0.352. The predicted molar refractivity (Wildman–Crippen MR) is 105 cm³/mol. The lowest BCUT2D eigenvalue weighted by Crippen LogP contribution is -2.29. The van der Waals surface area contributed by atoms with E-state index in [1.54, 1.807) is 6.07 Å². The third kappa shape index (κ3) is 4.97. The number of nitrogens with zero attached hydrogens (tertiary/aromatic N) is 2. The molecule has 0 bridgehead atoms. The number of hydrogen-bond acceptors (Lipinski definition) is 4. The van der Waals surface area contributed by atoms with Crippen molar-refractivity contribution >= 4 is 23.0 Å². The van der Waals surface area contributed by atoms with Gasteiger partial charge in [0.2, 0.25) is 0 Å². The summed E-state index contributed by atoms with van der Waals surface area (Å²) < 4.78 is 0. The van der Waals surface area contributed by atoms with Crippen molar-refractivity contribution in [2.45, 2.75) is 32.7 Å². The Bertz CT molecular complexity index is 754. The number of aromatic hydroxyl groups is 1. The normalized spacial score (nSPS) is 16.0. The molecule has 132 valence electrons. The van der Waals surface area contributed by atoms with Crippen LogP contribution in [-0.2, 0) is 6.54 Å². The zero-order valence-electron chi connectivity index (χ0n) is 14.5. The Balaban J connectivity index is 1.72. The average molecular weight is 358 g/mol. The molecule has 1 heterocycles. The van der Waals surface area contributed by atoms with Gasteiger partial charge in [0.25, 0.3) is 0 Å². The van der Waals surface area contributed by atoms with E-state index in [1.807, 2.05) is 43.3 Å². The molecule has 0 radical (unpaired) electrons. The third-order valence-electron chi connectivity index (χ3n) is 4.52. The molecule has 2 N–H and O–H groups in total. The van der Waals surface area contributed by atoms with Crippen molar-refractivity contribution in [3.05, 3.63) is 58.6 Å². The smallest absolute Gasteiger partial charge is 0.120 e. The first-order valence-electron chi connectivity index (χ1n) is 8.72. The Morgan fingerprint density at radius 2 is 1.96 bits per heavy atom. The lowest BCUT2D eigenvalue weighted by atomic mass is 10.0. The molecule has 0 aromatic heterocycles. The fourth-order valence-corrected chi connectivity index (χ4v) is 3.26. The number of rotatable bonds is 5. The average Bonchev–Trinajstić information content (AvgIpc) is 2.62. The van der Waals surface area contributed by atoms with Crippen LogP contribution in [0.3, 0.4) is 0 Å². The Morgan fingerprint density at radius 3 is 2.72 bits per heavy atom. The van der Waals surface area contributed by atoms with E-state index in [4.69, 9.17) is 11.6 Å². The summed E-state index contributed by atoms with van der Waals surface area (Å²) in [6, 6.07) is 13.1. The van der Waals surface area contributed by atoms with Gasteiger partial charge in [0.05, 0.1) is 11.4 Å². The minimum absolute atomic E-state index is 0.352. The first-order valence-corrected chi connectivity index (χ1v) is 9.10. The van der Waals surface area contributed by atoms with Crippen LogP contribution in [0.5, 0.6) is 5.75 Å². The highest BCUT2D eigenvalue weighted by Crippen LogP contribution is 2.23. The minimum Gasteiger partial charge on any atom is -0.508 e. The van der Waals surface area contributed by atoms with E-state index in [2.05, 4.69) is 15.4 Å². The SMILES string of the molecule is C/C(=N\Nc1cccc(Cl)c1)c1ccc(O)c(CN2CCCCC2)c1. The van der Waals surface area contributed by atoms with Crippen molar-refractivity contribution in [1.29, 1.82) is 0 Å². The maximum atomic E-state index is 10.2. The van der Waals surface area contributed by atoms with Crippen LogP contribution >= 0.6 is 11.6 Å². The van der Waals surface area contributed by atoms with Crippen LogP contribution in [0, 0.1) is 0 Å². The Morgan fingerprint density at radius 1 is 1.16 bits per heavy atom. The zero-order chi connectivity index (χ0) is 17.6. The Hall–Kier alpha value is -2.04. The molecule has 4 nitrogen and oxygen atoms in total. The first-order chi connectivity index (χ1) is 12.1. The molecule has 0 unspecified atom stereocenters. The van der Waals surface area contributed by atoms with Gasteiger partial charge in [-0.1, -0.05) is 24.1 Å². The van der Waals surface area contributed by atoms with Gasteiger partial charge in [-0.15, -0.1) is 0 Å². The lowest BCUT2D eigenvalue weighted by Gasteiger charge is -2.26. The highest BCUT2D eigenvalue weighted by atomic mass is 35.5. The molecule has 2 aromatic rings. The first kappa shape index (κ1) is 17.8. The molecule has 5 heteroatoms. The monoisotopic (exact) mass is 357 g/mol. The second-order valence-corrected chi connectivity index (χ2v) is 6.94. The molecule has 0 atom stereocenters. The van der Waals surface area contributed by atoms with E-state index < -0.39 is 0 Å². The topological polar surface area (TPSA) is 47.9 Å². The van der Waals surface area contributed by atoms with Crippen molar-refractivity contribution in [3.8, 4) is 5.75 Å². The number of halogens is 1. The van der Waals surface area contributed by atoms with Crippen LogP contribution in [0.4, 0.5) is 5.69 Å². The molecule has 1 aliphatic heterocycles. The molecule has 2 aromatic carbocycles. The molecule has 3 rings (SSSR count). The van der Waals surface area contributed by atoms with Gasteiger partial charge in [0.1, 0.15) is 5.75 Å². The molecule has 1 fully saturated rings. The molecule has 25 heavy (non-hydrogen) atoms. The highest BCUT2D eigenvalue weighted by molar-refractivity contribution is 6.30. The number of nitrogens with one attached hydrogen (secondary N) is 1. The van der Waals surface area contributed by atoms with Gasteiger partial charge in [-0.2, -0.15) is 5.10 Å². The predicted octanol–water partition coefficient (Wildman–Crippen LogP) is 4.87. The van der Waals surface area contributed by atoms with Crippen molar-refractivity contribution in [2.24, 2.45) is 5.10 Å². The van der Waals surface area contributed by atoms with Crippen LogP contribution in [0.2, 0.25) is 5.02 Å². The fraction of sp³-hybridized carbons (Fsp3) is 0.350. The maximum absolute atomic E-state index is 10.2. The fourth-order valence-electron chi connectivity index (χ4n) is 3.07. The second-order valence-electron chi connectivity index (χ2n) is 6.50. The molecule has 0 saturated carbocycles. The number of piperidine rings is 1. The summed E-state index contributed by atoms with van der Waals surface area (Å²) in [5.41, 5.74) is 6.69. The summed E-state index contributed by atoms with van der Waals surface area (Å²) in [5, 5.41) is 15.3. The number of hydrazone groups is 1. The summed E-state index contributed by atoms with van der Waals surface area (Å²) in [7, 11) is 0. The van der Waals surface area contributed by atoms with Gasteiger partial charge in [-0.3, -0.25) is 10.3 Å². The summed E-state index contributed by atoms with van der Waals surface area (Å²) in [5.74, 6) is 0.352. The number of anilines is 1. The Labute approximate surface area is 154 Å². The van der Waals surface area contributed by atoms with E-state index in [0.29, 0.717) is 10.8 Å². The number of hydrogen-bond donors (Lipinski definition) is 2. The molecular formula is C20H24ClN3O. The van der Waals surface area contributed by atoms with E-state index in [9.17, 15) is 5.11 Å². The van der Waals surface area contributed by atoms with Gasteiger partial charge in [0.15, 0.2) is 0 Å². The van der Waals surface area contributed by atoms with Crippen molar-refractivity contribution < 1.29 is 5.11 Å².